The maximum absolute atomic E-state index is 12.3. The number of nitrogens with zero attached hydrogens (tertiary/aromatic N) is 1. The van der Waals surface area contributed by atoms with E-state index in [1.807, 2.05) is 30.3 Å². The zero-order chi connectivity index (χ0) is 16.3. The lowest BCUT2D eigenvalue weighted by Crippen LogP contribution is -2.44. The van der Waals surface area contributed by atoms with Crippen LogP contribution in [0.1, 0.15) is 18.4 Å². The second-order valence-corrected chi connectivity index (χ2v) is 5.69. The maximum Gasteiger partial charge on any atom is 0.411 e. The van der Waals surface area contributed by atoms with Crippen LogP contribution < -0.4 is 0 Å². The number of carbonyl (C=O) groups is 2. The smallest absolute Gasteiger partial charge is 0.411 e. The summed E-state index contributed by atoms with van der Waals surface area (Å²) in [5, 5.41) is 9.37. The van der Waals surface area contributed by atoms with Crippen molar-refractivity contribution in [2.45, 2.75) is 31.3 Å². The van der Waals surface area contributed by atoms with Crippen LogP contribution in [0.2, 0.25) is 0 Å². The highest BCUT2D eigenvalue weighted by molar-refractivity contribution is 5.81. The van der Waals surface area contributed by atoms with Crippen molar-refractivity contribution in [2.75, 3.05) is 19.8 Å². The van der Waals surface area contributed by atoms with Crippen LogP contribution in [0.15, 0.2) is 30.3 Å². The van der Waals surface area contributed by atoms with Gasteiger partial charge in [0.15, 0.2) is 5.79 Å². The summed E-state index contributed by atoms with van der Waals surface area (Å²) in [4.78, 5) is 24.9. The molecule has 1 spiro atoms. The van der Waals surface area contributed by atoms with Crippen LogP contribution >= 0.6 is 0 Å². The van der Waals surface area contributed by atoms with Gasteiger partial charge in [0, 0.05) is 6.42 Å². The molecule has 1 N–H and O–H groups in total. The topological polar surface area (TPSA) is 85.3 Å². The molecular weight excluding hydrogens is 302 g/mol. The van der Waals surface area contributed by atoms with Gasteiger partial charge in [-0.05, 0) is 12.0 Å². The largest absolute Gasteiger partial charge is 0.480 e. The van der Waals surface area contributed by atoms with E-state index in [0.29, 0.717) is 13.2 Å². The van der Waals surface area contributed by atoms with E-state index >= 15 is 0 Å². The molecule has 2 aliphatic rings. The molecule has 2 saturated heterocycles. The highest BCUT2D eigenvalue weighted by atomic mass is 16.7. The zero-order valence-electron chi connectivity index (χ0n) is 12.6. The summed E-state index contributed by atoms with van der Waals surface area (Å²) in [7, 11) is 0. The van der Waals surface area contributed by atoms with Gasteiger partial charge in [0.1, 0.15) is 12.6 Å². The first-order chi connectivity index (χ1) is 11.1. The molecule has 7 heteroatoms. The fourth-order valence-electron chi connectivity index (χ4n) is 2.88. The Morgan fingerprint density at radius 3 is 2.61 bits per heavy atom. The zero-order valence-corrected chi connectivity index (χ0v) is 12.6. The number of carbonyl (C=O) groups excluding carboxylic acids is 1. The molecule has 2 fully saturated rings. The van der Waals surface area contributed by atoms with Crippen molar-refractivity contribution < 1.29 is 28.9 Å². The predicted octanol–water partition coefficient (Wildman–Crippen LogP) is 1.62. The molecule has 0 aliphatic carbocycles. The number of aliphatic carboxylic acids is 1. The van der Waals surface area contributed by atoms with E-state index in [9.17, 15) is 14.7 Å². The molecule has 1 amide bonds. The third-order valence-corrected chi connectivity index (χ3v) is 4.04. The quantitative estimate of drug-likeness (QED) is 0.910. The van der Waals surface area contributed by atoms with Crippen LogP contribution in [0.5, 0.6) is 0 Å². The van der Waals surface area contributed by atoms with Gasteiger partial charge < -0.3 is 19.3 Å². The molecular formula is C16H19NO6. The van der Waals surface area contributed by atoms with E-state index in [1.54, 1.807) is 0 Å². The number of rotatable bonds is 3. The molecule has 3 rings (SSSR count). The first kappa shape index (κ1) is 15.8. The van der Waals surface area contributed by atoms with Crippen LogP contribution in [0, 0.1) is 0 Å². The fraction of sp³-hybridized carbons (Fsp3) is 0.500. The van der Waals surface area contributed by atoms with Crippen LogP contribution in [-0.2, 0) is 25.6 Å². The monoisotopic (exact) mass is 321 g/mol. The molecule has 1 aromatic carbocycles. The molecule has 0 bridgehead atoms. The normalized spacial score (nSPS) is 23.0. The van der Waals surface area contributed by atoms with Crippen molar-refractivity contribution in [3.05, 3.63) is 35.9 Å². The SMILES string of the molecule is O=C(O)[C@@H]1CC2(CN1C(=O)OCc1ccccc1)OCCCO2. The van der Waals surface area contributed by atoms with Crippen molar-refractivity contribution in [1.29, 1.82) is 0 Å². The standard InChI is InChI=1S/C16H19NO6/c18-14(19)13-9-16(22-7-4-8-23-16)11-17(13)15(20)21-10-12-5-2-1-3-6-12/h1-3,5-6,13H,4,7-11H2,(H,18,19)/t13-/m0/s1. The minimum Gasteiger partial charge on any atom is -0.480 e. The van der Waals surface area contributed by atoms with Crippen LogP contribution in [0.4, 0.5) is 4.79 Å². The van der Waals surface area contributed by atoms with Crippen molar-refractivity contribution in [3.63, 3.8) is 0 Å². The first-order valence-corrected chi connectivity index (χ1v) is 7.58. The summed E-state index contributed by atoms with van der Waals surface area (Å²) in [5.41, 5.74) is 0.840. The van der Waals surface area contributed by atoms with Crippen molar-refractivity contribution in [3.8, 4) is 0 Å². The summed E-state index contributed by atoms with van der Waals surface area (Å²) in [6.45, 7) is 1.16. The molecule has 0 saturated carbocycles. The molecule has 0 aromatic heterocycles. The van der Waals surface area contributed by atoms with Crippen molar-refractivity contribution in [2.24, 2.45) is 0 Å². The molecule has 0 radical (unpaired) electrons. The minimum atomic E-state index is -1.09. The highest BCUT2D eigenvalue weighted by Crippen LogP contribution is 2.34. The Kier molecular flexibility index (Phi) is 4.49. The highest BCUT2D eigenvalue weighted by Gasteiger charge is 2.52. The van der Waals surface area contributed by atoms with Crippen molar-refractivity contribution >= 4 is 12.1 Å². The van der Waals surface area contributed by atoms with E-state index in [-0.39, 0.29) is 19.6 Å². The molecule has 23 heavy (non-hydrogen) atoms. The summed E-state index contributed by atoms with van der Waals surface area (Å²) in [5.74, 6) is -2.11. The van der Waals surface area contributed by atoms with E-state index in [1.165, 1.54) is 4.90 Å². The molecule has 2 aliphatic heterocycles. The van der Waals surface area contributed by atoms with Gasteiger partial charge >= 0.3 is 12.1 Å². The average molecular weight is 321 g/mol. The van der Waals surface area contributed by atoms with E-state index < -0.39 is 23.9 Å². The van der Waals surface area contributed by atoms with Gasteiger partial charge in [0.25, 0.3) is 0 Å². The number of carboxylic acids is 1. The molecule has 1 atom stereocenters. The molecule has 124 valence electrons. The molecule has 0 unspecified atom stereocenters. The third kappa shape index (κ3) is 3.46. The average Bonchev–Trinajstić information content (AvgIpc) is 2.94. The summed E-state index contributed by atoms with van der Waals surface area (Å²) in [6, 6.07) is 8.22. The first-order valence-electron chi connectivity index (χ1n) is 7.58. The van der Waals surface area contributed by atoms with Gasteiger partial charge in [-0.15, -0.1) is 0 Å². The number of amides is 1. The van der Waals surface area contributed by atoms with E-state index in [4.69, 9.17) is 14.2 Å². The van der Waals surface area contributed by atoms with Gasteiger partial charge in [0.05, 0.1) is 19.8 Å². The number of carboxylic acid groups (broad SMARTS) is 1. The van der Waals surface area contributed by atoms with Crippen LogP contribution in [-0.4, -0.2) is 53.7 Å². The molecule has 2 heterocycles. The number of hydrogen-bond donors (Lipinski definition) is 1. The minimum absolute atomic E-state index is 0.0671. The van der Waals surface area contributed by atoms with Gasteiger partial charge in [-0.25, -0.2) is 9.59 Å². The predicted molar refractivity (Wildman–Crippen MR) is 78.6 cm³/mol. The Hall–Kier alpha value is -2.12. The molecule has 1 aromatic rings. The van der Waals surface area contributed by atoms with Crippen molar-refractivity contribution in [1.82, 2.24) is 4.90 Å². The maximum atomic E-state index is 12.3. The van der Waals surface area contributed by atoms with Crippen LogP contribution in [0.25, 0.3) is 0 Å². The van der Waals surface area contributed by atoms with E-state index in [0.717, 1.165) is 12.0 Å². The molecule has 7 nitrogen and oxygen atoms in total. The Bertz CT molecular complexity index is 569. The third-order valence-electron chi connectivity index (χ3n) is 4.04. The Labute approximate surface area is 133 Å². The number of hydrogen-bond acceptors (Lipinski definition) is 5. The summed E-state index contributed by atoms with van der Waals surface area (Å²) < 4.78 is 16.5. The van der Waals surface area contributed by atoms with Gasteiger partial charge in [-0.1, -0.05) is 30.3 Å². The Morgan fingerprint density at radius 2 is 1.96 bits per heavy atom. The van der Waals surface area contributed by atoms with E-state index in [2.05, 4.69) is 0 Å². The Morgan fingerprint density at radius 1 is 1.26 bits per heavy atom. The summed E-state index contributed by atoms with van der Waals surface area (Å²) >= 11 is 0. The van der Waals surface area contributed by atoms with Gasteiger partial charge in [-0.2, -0.15) is 0 Å². The second-order valence-electron chi connectivity index (χ2n) is 5.69. The number of benzene rings is 1. The number of ether oxygens (including phenoxy) is 3. The Balaban J connectivity index is 1.66. The lowest BCUT2D eigenvalue weighted by Gasteiger charge is -2.33. The number of likely N-dealkylation sites (tertiary alicyclic amines) is 1. The second kappa shape index (κ2) is 6.55. The van der Waals surface area contributed by atoms with Gasteiger partial charge in [-0.3, -0.25) is 4.90 Å². The van der Waals surface area contributed by atoms with Gasteiger partial charge in [0.2, 0.25) is 0 Å². The lowest BCUT2D eigenvalue weighted by molar-refractivity contribution is -0.257. The fourth-order valence-corrected chi connectivity index (χ4v) is 2.88. The van der Waals surface area contributed by atoms with Crippen LogP contribution in [0.3, 0.4) is 0 Å². The lowest BCUT2D eigenvalue weighted by atomic mass is 10.1. The summed E-state index contributed by atoms with van der Waals surface area (Å²) in [6.07, 6.45) is 0.205.